The molecule has 3 atom stereocenters. The highest BCUT2D eigenvalue weighted by Crippen LogP contribution is 2.35. The summed E-state index contributed by atoms with van der Waals surface area (Å²) in [5, 5.41) is 4.59. The van der Waals surface area contributed by atoms with Crippen molar-refractivity contribution in [3.05, 3.63) is 100 Å². The number of nitrogens with one attached hydrogen (secondary N) is 1. The monoisotopic (exact) mass is 454 g/mol. The molecule has 162 valence electrons. The Balaban J connectivity index is 2.09. The lowest BCUT2D eigenvalue weighted by molar-refractivity contribution is 0.0937. The van der Waals surface area contributed by atoms with Gasteiger partial charge in [0.05, 0.1) is 16.0 Å². The van der Waals surface area contributed by atoms with Crippen LogP contribution in [0.4, 0.5) is 5.69 Å². The molecule has 3 N–H and O–H groups in total. The molecule has 0 aliphatic rings. The van der Waals surface area contributed by atoms with E-state index in [0.29, 0.717) is 22.2 Å². The van der Waals surface area contributed by atoms with Crippen LogP contribution in [0.15, 0.2) is 78.9 Å². The van der Waals surface area contributed by atoms with E-state index in [4.69, 9.17) is 28.9 Å². The van der Waals surface area contributed by atoms with E-state index in [1.807, 2.05) is 66.7 Å². The van der Waals surface area contributed by atoms with Gasteiger partial charge in [-0.3, -0.25) is 4.79 Å². The van der Waals surface area contributed by atoms with Crippen LogP contribution in [0.2, 0.25) is 10.0 Å². The predicted molar refractivity (Wildman–Crippen MR) is 131 cm³/mol. The van der Waals surface area contributed by atoms with E-state index in [1.54, 1.807) is 12.1 Å². The number of benzene rings is 3. The van der Waals surface area contributed by atoms with Crippen LogP contribution in [0.3, 0.4) is 0 Å². The molecule has 0 fully saturated rings. The van der Waals surface area contributed by atoms with Gasteiger partial charge in [-0.15, -0.1) is 0 Å². The maximum atomic E-state index is 13.8. The van der Waals surface area contributed by atoms with Crippen LogP contribution in [0.1, 0.15) is 41.6 Å². The highest BCUT2D eigenvalue weighted by molar-refractivity contribution is 6.42. The van der Waals surface area contributed by atoms with E-state index >= 15 is 0 Å². The minimum Gasteiger partial charge on any atom is -0.381 e. The van der Waals surface area contributed by atoms with Crippen molar-refractivity contribution < 1.29 is 4.79 Å². The van der Waals surface area contributed by atoms with Gasteiger partial charge in [0.25, 0.3) is 0 Å². The molecule has 0 aromatic heterocycles. The van der Waals surface area contributed by atoms with Crippen molar-refractivity contribution in [3.8, 4) is 0 Å². The quantitative estimate of drug-likeness (QED) is 0.330. The van der Waals surface area contributed by atoms with Gasteiger partial charge >= 0.3 is 0 Å². The molecule has 5 heteroatoms. The topological polar surface area (TPSA) is 55.1 Å². The van der Waals surface area contributed by atoms with Crippen molar-refractivity contribution in [3.63, 3.8) is 0 Å². The van der Waals surface area contributed by atoms with Crippen LogP contribution in [0.25, 0.3) is 0 Å². The third kappa shape index (κ3) is 5.88. The number of hydrogen-bond donors (Lipinski definition) is 2. The number of anilines is 1. The summed E-state index contributed by atoms with van der Waals surface area (Å²) >= 11 is 12.4. The van der Waals surface area contributed by atoms with Gasteiger partial charge in [-0.25, -0.2) is 0 Å². The standard InChI is InChI=1S/C26H28Cl2N2O/c1-2-18(15-16-29)25(30-21-13-14-22(27)23(28)17-21)24(19-9-5-3-6-10-19)26(31)20-11-7-4-8-12-20/h3-14,17-18,24-25,30H,2,15-16,29H2,1H3. The Hall–Kier alpha value is -2.33. The second kappa shape index (κ2) is 11.3. The number of Topliss-reactive ketones (excluding diaryl/α,β-unsaturated/α-hetero) is 1. The second-order valence-electron chi connectivity index (χ2n) is 7.66. The molecule has 3 rings (SSSR count). The Morgan fingerprint density at radius 2 is 1.58 bits per heavy atom. The van der Waals surface area contributed by atoms with Gasteiger partial charge in [-0.2, -0.15) is 0 Å². The summed E-state index contributed by atoms with van der Waals surface area (Å²) < 4.78 is 0. The normalized spacial score (nSPS) is 13.9. The van der Waals surface area contributed by atoms with Crippen molar-refractivity contribution >= 4 is 34.7 Å². The van der Waals surface area contributed by atoms with Crippen LogP contribution < -0.4 is 11.1 Å². The number of ketones is 1. The van der Waals surface area contributed by atoms with Gasteiger partial charge in [-0.1, -0.05) is 97.2 Å². The highest BCUT2D eigenvalue weighted by Gasteiger charge is 2.35. The summed E-state index contributed by atoms with van der Waals surface area (Å²) in [6.07, 6.45) is 1.70. The number of hydrogen-bond acceptors (Lipinski definition) is 3. The van der Waals surface area contributed by atoms with Crippen molar-refractivity contribution in [2.24, 2.45) is 11.7 Å². The summed E-state index contributed by atoms with van der Waals surface area (Å²) in [4.78, 5) is 13.8. The largest absolute Gasteiger partial charge is 0.381 e. The van der Waals surface area contributed by atoms with Crippen LogP contribution in [0, 0.1) is 5.92 Å². The number of nitrogens with two attached hydrogens (primary N) is 1. The third-order valence-corrected chi connectivity index (χ3v) is 6.42. The van der Waals surface area contributed by atoms with Crippen LogP contribution >= 0.6 is 23.2 Å². The summed E-state index contributed by atoms with van der Waals surface area (Å²) in [5.74, 6) is -0.105. The number of rotatable bonds is 10. The number of carbonyl (C=O) groups excluding carboxylic acids is 1. The summed E-state index contributed by atoms with van der Waals surface area (Å²) in [6.45, 7) is 2.69. The Kier molecular flexibility index (Phi) is 8.53. The summed E-state index contributed by atoms with van der Waals surface area (Å²) in [6, 6.07) is 24.7. The lowest BCUT2D eigenvalue weighted by Gasteiger charge is -2.34. The third-order valence-electron chi connectivity index (χ3n) is 5.68. The first-order valence-electron chi connectivity index (χ1n) is 10.6. The Bertz CT molecular complexity index is 979. The van der Waals surface area contributed by atoms with E-state index in [0.717, 1.165) is 24.1 Å². The smallest absolute Gasteiger partial charge is 0.172 e. The first kappa shape index (κ1) is 23.3. The highest BCUT2D eigenvalue weighted by atomic mass is 35.5. The molecular weight excluding hydrogens is 427 g/mol. The van der Waals surface area contributed by atoms with Crippen molar-refractivity contribution in [1.29, 1.82) is 0 Å². The molecule has 0 heterocycles. The van der Waals surface area contributed by atoms with Gasteiger partial charge in [0, 0.05) is 17.3 Å². The maximum Gasteiger partial charge on any atom is 0.172 e. The Labute approximate surface area is 194 Å². The molecule has 0 saturated carbocycles. The van der Waals surface area contributed by atoms with Crippen molar-refractivity contribution in [2.45, 2.75) is 31.7 Å². The van der Waals surface area contributed by atoms with Gasteiger partial charge < -0.3 is 11.1 Å². The van der Waals surface area contributed by atoms with E-state index in [1.165, 1.54) is 0 Å². The molecule has 0 aliphatic heterocycles. The van der Waals surface area contributed by atoms with Crippen molar-refractivity contribution in [2.75, 3.05) is 11.9 Å². The number of halogens is 2. The SMILES string of the molecule is CCC(CCN)C(Nc1ccc(Cl)c(Cl)c1)C(C(=O)c1ccccc1)c1ccccc1. The molecular formula is C26H28Cl2N2O. The average Bonchev–Trinajstić information content (AvgIpc) is 2.80. The molecule has 0 aliphatic carbocycles. The fourth-order valence-electron chi connectivity index (χ4n) is 4.07. The zero-order valence-electron chi connectivity index (χ0n) is 17.6. The summed E-state index contributed by atoms with van der Waals surface area (Å²) in [7, 11) is 0. The van der Waals surface area contributed by atoms with Gasteiger partial charge in [0.15, 0.2) is 5.78 Å². The fraction of sp³-hybridized carbons (Fsp3) is 0.269. The molecule has 0 spiro atoms. The molecule has 3 nitrogen and oxygen atoms in total. The van der Waals surface area contributed by atoms with Crippen LogP contribution in [-0.4, -0.2) is 18.4 Å². The maximum absolute atomic E-state index is 13.8. The average molecular weight is 455 g/mol. The van der Waals surface area contributed by atoms with Crippen molar-refractivity contribution in [1.82, 2.24) is 0 Å². The van der Waals surface area contributed by atoms with E-state index in [9.17, 15) is 4.79 Å². The predicted octanol–water partition coefficient (Wildman–Crippen LogP) is 6.82. The Morgan fingerprint density at radius 3 is 2.16 bits per heavy atom. The first-order valence-corrected chi connectivity index (χ1v) is 11.4. The fourth-order valence-corrected chi connectivity index (χ4v) is 4.37. The van der Waals surface area contributed by atoms with Crippen LogP contribution in [-0.2, 0) is 0 Å². The lowest BCUT2D eigenvalue weighted by Crippen LogP contribution is -2.40. The molecule has 0 amide bonds. The molecule has 3 unspecified atom stereocenters. The van der Waals surface area contributed by atoms with E-state index < -0.39 is 0 Å². The molecule has 31 heavy (non-hydrogen) atoms. The molecule has 3 aromatic rings. The lowest BCUT2D eigenvalue weighted by atomic mass is 9.77. The molecule has 0 saturated heterocycles. The second-order valence-corrected chi connectivity index (χ2v) is 8.48. The van der Waals surface area contributed by atoms with Crippen LogP contribution in [0.5, 0.6) is 0 Å². The Morgan fingerprint density at radius 1 is 0.935 bits per heavy atom. The zero-order chi connectivity index (χ0) is 22.2. The minimum absolute atomic E-state index is 0.0832. The molecule has 3 aromatic carbocycles. The minimum atomic E-state index is -0.380. The molecule has 0 bridgehead atoms. The van der Waals surface area contributed by atoms with Gasteiger partial charge in [-0.05, 0) is 42.6 Å². The molecule has 0 radical (unpaired) electrons. The first-order chi connectivity index (χ1) is 15.0. The van der Waals surface area contributed by atoms with Gasteiger partial charge in [0.2, 0.25) is 0 Å². The van der Waals surface area contributed by atoms with E-state index in [-0.39, 0.29) is 23.7 Å². The van der Waals surface area contributed by atoms with E-state index in [2.05, 4.69) is 12.2 Å². The van der Waals surface area contributed by atoms with Gasteiger partial charge in [0.1, 0.15) is 0 Å². The summed E-state index contributed by atoms with van der Waals surface area (Å²) in [5.41, 5.74) is 8.46. The zero-order valence-corrected chi connectivity index (χ0v) is 19.1. The number of carbonyl (C=O) groups is 1.